The van der Waals surface area contributed by atoms with Crippen LogP contribution >= 0.6 is 24.0 Å². The van der Waals surface area contributed by atoms with Crippen LogP contribution < -0.4 is 16.0 Å². The maximum atomic E-state index is 12.4. The Bertz CT molecular complexity index is 549. The molecule has 0 radical (unpaired) electrons. The molecule has 7 nitrogen and oxygen atoms in total. The predicted molar refractivity (Wildman–Crippen MR) is 124 cm³/mol. The molecule has 0 aromatic heterocycles. The molecule has 162 valence electrons. The number of nitrogens with one attached hydrogen (secondary N) is 3. The van der Waals surface area contributed by atoms with Crippen molar-refractivity contribution in [3.63, 3.8) is 0 Å². The highest BCUT2D eigenvalue weighted by Crippen LogP contribution is 2.26. The van der Waals surface area contributed by atoms with Crippen LogP contribution in [-0.2, 0) is 4.79 Å². The first-order valence-corrected chi connectivity index (χ1v) is 10.6. The number of halogens is 1. The molecule has 0 spiro atoms. The van der Waals surface area contributed by atoms with Gasteiger partial charge in [0.15, 0.2) is 5.96 Å². The molecule has 2 fully saturated rings. The first-order chi connectivity index (χ1) is 12.9. The maximum Gasteiger partial charge on any atom is 0.325 e. The topological polar surface area (TPSA) is 85.8 Å². The Hall–Kier alpha value is -1.06. The van der Waals surface area contributed by atoms with E-state index in [1.54, 1.807) is 6.92 Å². The maximum absolute atomic E-state index is 12.4. The van der Waals surface area contributed by atoms with Crippen molar-refractivity contribution >= 4 is 41.9 Å². The number of hydrogen-bond donors (Lipinski definition) is 3. The van der Waals surface area contributed by atoms with Gasteiger partial charge in [-0.05, 0) is 58.3 Å². The van der Waals surface area contributed by atoms with E-state index in [0.29, 0.717) is 32.0 Å². The summed E-state index contributed by atoms with van der Waals surface area (Å²) in [5, 5.41) is 9.64. The number of guanidine groups is 1. The molecule has 8 heteroatoms. The van der Waals surface area contributed by atoms with Crippen LogP contribution in [0.4, 0.5) is 4.79 Å². The molecule has 1 unspecified atom stereocenters. The quantitative estimate of drug-likeness (QED) is 0.155. The van der Waals surface area contributed by atoms with Gasteiger partial charge in [0.25, 0.3) is 5.91 Å². The fourth-order valence-corrected chi connectivity index (χ4v) is 3.84. The van der Waals surface area contributed by atoms with E-state index in [-0.39, 0.29) is 35.9 Å². The largest absolute Gasteiger partial charge is 0.357 e. The van der Waals surface area contributed by atoms with Crippen molar-refractivity contribution in [3.05, 3.63) is 0 Å². The molecule has 1 aliphatic carbocycles. The minimum Gasteiger partial charge on any atom is -0.357 e. The molecule has 3 N–H and O–H groups in total. The lowest BCUT2D eigenvalue weighted by Crippen LogP contribution is -2.45. The number of rotatable bonds is 8. The molecule has 1 saturated heterocycles. The number of aliphatic imine (C=N–C) groups is 1. The fraction of sp³-hybridized carbons (Fsp3) is 0.850. The van der Waals surface area contributed by atoms with Gasteiger partial charge in [0.2, 0.25) is 0 Å². The highest BCUT2D eigenvalue weighted by Gasteiger charge is 2.45. The van der Waals surface area contributed by atoms with E-state index < -0.39 is 5.54 Å². The third-order valence-electron chi connectivity index (χ3n) is 5.97. The summed E-state index contributed by atoms with van der Waals surface area (Å²) in [6.45, 7) is 9.84. The van der Waals surface area contributed by atoms with Crippen molar-refractivity contribution < 1.29 is 9.59 Å². The molecule has 1 atom stereocenters. The van der Waals surface area contributed by atoms with Crippen LogP contribution in [0, 0.1) is 5.92 Å². The van der Waals surface area contributed by atoms with E-state index in [0.717, 1.165) is 18.4 Å². The summed E-state index contributed by atoms with van der Waals surface area (Å²) in [6.07, 6.45) is 7.51. The van der Waals surface area contributed by atoms with Gasteiger partial charge in [-0.25, -0.2) is 4.79 Å². The average Bonchev–Trinajstić information content (AvgIpc) is 2.89. The minimum absolute atomic E-state index is 0. The molecule has 0 aromatic carbocycles. The van der Waals surface area contributed by atoms with Crippen molar-refractivity contribution in [1.29, 1.82) is 0 Å². The Labute approximate surface area is 186 Å². The van der Waals surface area contributed by atoms with Crippen LogP contribution in [0.1, 0.15) is 72.6 Å². The monoisotopic (exact) mass is 507 g/mol. The summed E-state index contributed by atoms with van der Waals surface area (Å²) in [4.78, 5) is 30.4. The molecular weight excluding hydrogens is 469 g/mol. The van der Waals surface area contributed by atoms with Crippen LogP contribution in [0.2, 0.25) is 0 Å². The fourth-order valence-electron chi connectivity index (χ4n) is 3.84. The number of amides is 3. The second-order valence-electron chi connectivity index (χ2n) is 7.96. The van der Waals surface area contributed by atoms with E-state index >= 15 is 0 Å². The Kier molecular flexibility index (Phi) is 10.5. The molecule has 1 heterocycles. The first kappa shape index (κ1) is 25.0. The zero-order valence-electron chi connectivity index (χ0n) is 17.8. The van der Waals surface area contributed by atoms with Gasteiger partial charge in [-0.1, -0.05) is 20.3 Å². The van der Waals surface area contributed by atoms with Crippen LogP contribution in [0.25, 0.3) is 0 Å². The zero-order chi connectivity index (χ0) is 19.9. The normalized spacial score (nSPS) is 28.0. The lowest BCUT2D eigenvalue weighted by atomic mass is 9.84. The molecule has 0 bridgehead atoms. The Balaban J connectivity index is 0.00000392. The van der Waals surface area contributed by atoms with Crippen LogP contribution in [0.15, 0.2) is 4.99 Å². The summed E-state index contributed by atoms with van der Waals surface area (Å²) in [6, 6.07) is 0.202. The molecule has 2 rings (SSSR count). The number of carbonyl (C=O) groups excluding carboxylic acids is 2. The van der Waals surface area contributed by atoms with Crippen molar-refractivity contribution in [2.24, 2.45) is 10.9 Å². The van der Waals surface area contributed by atoms with Gasteiger partial charge in [-0.3, -0.25) is 14.7 Å². The second kappa shape index (κ2) is 11.8. The number of carbonyl (C=O) groups is 2. The van der Waals surface area contributed by atoms with E-state index in [1.165, 1.54) is 37.0 Å². The number of imide groups is 1. The van der Waals surface area contributed by atoms with Gasteiger partial charge < -0.3 is 16.0 Å². The second-order valence-corrected chi connectivity index (χ2v) is 7.96. The van der Waals surface area contributed by atoms with Gasteiger partial charge >= 0.3 is 6.03 Å². The highest BCUT2D eigenvalue weighted by atomic mass is 127. The number of hydrogen-bond acceptors (Lipinski definition) is 3. The Morgan fingerprint density at radius 2 is 1.89 bits per heavy atom. The van der Waals surface area contributed by atoms with Gasteiger partial charge in [-0.15, -0.1) is 24.0 Å². The summed E-state index contributed by atoms with van der Waals surface area (Å²) < 4.78 is 0. The van der Waals surface area contributed by atoms with E-state index in [4.69, 9.17) is 0 Å². The highest BCUT2D eigenvalue weighted by molar-refractivity contribution is 14.0. The Morgan fingerprint density at radius 1 is 1.21 bits per heavy atom. The third kappa shape index (κ3) is 6.49. The molecule has 2 aliphatic rings. The molecular formula is C20H38IN5O2. The van der Waals surface area contributed by atoms with E-state index in [1.807, 2.05) is 6.92 Å². The van der Waals surface area contributed by atoms with E-state index in [2.05, 4.69) is 34.8 Å². The lowest BCUT2D eigenvalue weighted by molar-refractivity contribution is -0.130. The van der Waals surface area contributed by atoms with Gasteiger partial charge in [0.1, 0.15) is 5.54 Å². The summed E-state index contributed by atoms with van der Waals surface area (Å²) in [7, 11) is 0. The zero-order valence-corrected chi connectivity index (χ0v) is 20.2. The van der Waals surface area contributed by atoms with Crippen molar-refractivity contribution in [1.82, 2.24) is 20.9 Å². The summed E-state index contributed by atoms with van der Waals surface area (Å²) >= 11 is 0. The smallest absolute Gasteiger partial charge is 0.325 e. The number of urea groups is 1. The third-order valence-corrected chi connectivity index (χ3v) is 5.97. The van der Waals surface area contributed by atoms with Gasteiger partial charge in [0, 0.05) is 25.7 Å². The Morgan fingerprint density at radius 3 is 2.43 bits per heavy atom. The van der Waals surface area contributed by atoms with Crippen molar-refractivity contribution in [2.75, 3.05) is 19.6 Å². The van der Waals surface area contributed by atoms with Crippen LogP contribution in [0.5, 0.6) is 0 Å². The SMILES string of the molecule is CCNC(=NCCCN1C(=O)NC(C)(CC)C1=O)NC1CCC(CC)CC1.I. The van der Waals surface area contributed by atoms with Gasteiger partial charge in [0.05, 0.1) is 0 Å². The minimum atomic E-state index is -0.756. The molecule has 1 saturated carbocycles. The van der Waals surface area contributed by atoms with Crippen LogP contribution in [0.3, 0.4) is 0 Å². The van der Waals surface area contributed by atoms with Crippen molar-refractivity contribution in [3.8, 4) is 0 Å². The van der Waals surface area contributed by atoms with Gasteiger partial charge in [-0.2, -0.15) is 0 Å². The molecule has 3 amide bonds. The first-order valence-electron chi connectivity index (χ1n) is 10.6. The molecule has 28 heavy (non-hydrogen) atoms. The number of nitrogens with zero attached hydrogens (tertiary/aromatic N) is 2. The van der Waals surface area contributed by atoms with Crippen LogP contribution in [-0.4, -0.2) is 54.0 Å². The summed E-state index contributed by atoms with van der Waals surface area (Å²) in [5.41, 5.74) is -0.756. The predicted octanol–water partition coefficient (Wildman–Crippen LogP) is 3.24. The van der Waals surface area contributed by atoms with E-state index in [9.17, 15) is 9.59 Å². The van der Waals surface area contributed by atoms with Crippen molar-refractivity contribution in [2.45, 2.75) is 84.2 Å². The molecule has 0 aromatic rings. The summed E-state index contributed by atoms with van der Waals surface area (Å²) in [5.74, 6) is 1.59. The standard InChI is InChI=1S/C20H37N5O2.HI/c1-5-15-9-11-16(12-10-15)23-18(21-7-3)22-13-8-14-25-17(26)20(4,6-2)24-19(25)27;/h15-16H,5-14H2,1-4H3,(H,24,27)(H2,21,22,23);1H. The molecule has 1 aliphatic heterocycles. The average molecular weight is 507 g/mol. The lowest BCUT2D eigenvalue weighted by Gasteiger charge is -2.29.